The number of carbonyl (C=O) groups excluding carboxylic acids is 1. The van der Waals surface area contributed by atoms with Crippen LogP contribution in [0.1, 0.15) is 25.7 Å². The highest BCUT2D eigenvalue weighted by Crippen LogP contribution is 2.19. The Morgan fingerprint density at radius 1 is 1.22 bits per heavy atom. The summed E-state index contributed by atoms with van der Waals surface area (Å²) < 4.78 is 10.4. The summed E-state index contributed by atoms with van der Waals surface area (Å²) in [7, 11) is 0. The number of rotatable bonds is 6. The fraction of sp³-hybridized carbons (Fsp3) is 0.867. The summed E-state index contributed by atoms with van der Waals surface area (Å²) in [5.41, 5.74) is 0. The second kappa shape index (κ2) is 9.57. The molecule has 2 fully saturated rings. The van der Waals surface area contributed by atoms with Crippen molar-refractivity contribution >= 4 is 12.2 Å². The van der Waals surface area contributed by atoms with Gasteiger partial charge in [-0.1, -0.05) is 0 Å². The number of piperidine rings is 1. The van der Waals surface area contributed by atoms with Crippen molar-refractivity contribution in [1.82, 2.24) is 15.1 Å². The topological polar surface area (TPSA) is 91.3 Å². The average molecular weight is 329 g/mol. The molecule has 0 aromatic rings. The predicted octanol–water partition coefficient (Wildman–Crippen LogP) is 0.967. The Balaban J connectivity index is 1.56. The molecule has 0 bridgehead atoms. The van der Waals surface area contributed by atoms with Gasteiger partial charge in [-0.05, 0) is 19.3 Å². The van der Waals surface area contributed by atoms with Crippen LogP contribution < -0.4 is 5.32 Å². The molecule has 0 aliphatic carbocycles. The zero-order chi connectivity index (χ0) is 16.5. The van der Waals surface area contributed by atoms with E-state index in [2.05, 4.69) is 10.2 Å². The molecule has 23 heavy (non-hydrogen) atoms. The van der Waals surface area contributed by atoms with E-state index < -0.39 is 12.2 Å². The van der Waals surface area contributed by atoms with Crippen molar-refractivity contribution in [3.8, 4) is 0 Å². The van der Waals surface area contributed by atoms with E-state index >= 15 is 0 Å². The summed E-state index contributed by atoms with van der Waals surface area (Å²) in [6.07, 6.45) is 2.02. The maximum atomic E-state index is 11.6. The number of likely N-dealkylation sites (tertiary alicyclic amines) is 1. The molecule has 0 aromatic carbocycles. The number of amides is 2. The summed E-state index contributed by atoms with van der Waals surface area (Å²) >= 11 is 0. The molecule has 8 heteroatoms. The average Bonchev–Trinajstić information content (AvgIpc) is 2.56. The van der Waals surface area contributed by atoms with Gasteiger partial charge in [-0.25, -0.2) is 9.59 Å². The van der Waals surface area contributed by atoms with Gasteiger partial charge in [0.1, 0.15) is 0 Å². The van der Waals surface area contributed by atoms with Crippen molar-refractivity contribution in [2.45, 2.75) is 31.7 Å². The second-order valence-electron chi connectivity index (χ2n) is 5.93. The Hall–Kier alpha value is -1.54. The number of carboxylic acid groups (broad SMARTS) is 1. The highest BCUT2D eigenvalue weighted by molar-refractivity contribution is 5.67. The second-order valence-corrected chi connectivity index (χ2v) is 5.93. The third-order valence-electron chi connectivity index (χ3n) is 4.36. The van der Waals surface area contributed by atoms with Crippen LogP contribution in [0.4, 0.5) is 9.59 Å². The normalized spacial score (nSPS) is 22.6. The number of alkyl carbamates (subject to hydrolysis) is 1. The Bertz CT molecular complexity index is 387. The number of hydrogen-bond acceptors (Lipinski definition) is 5. The van der Waals surface area contributed by atoms with Gasteiger partial charge in [-0.2, -0.15) is 0 Å². The molecular formula is C15H27N3O5. The number of carbonyl (C=O) groups is 2. The van der Waals surface area contributed by atoms with Crippen LogP contribution in [0.25, 0.3) is 0 Å². The summed E-state index contributed by atoms with van der Waals surface area (Å²) in [4.78, 5) is 26.5. The molecule has 2 aliphatic heterocycles. The molecule has 1 unspecified atom stereocenters. The zero-order valence-corrected chi connectivity index (χ0v) is 13.5. The first-order chi connectivity index (χ1) is 11.2. The Kier molecular flexibility index (Phi) is 7.41. The first-order valence-electron chi connectivity index (χ1n) is 8.37. The van der Waals surface area contributed by atoms with Gasteiger partial charge >= 0.3 is 12.2 Å². The third-order valence-corrected chi connectivity index (χ3v) is 4.36. The van der Waals surface area contributed by atoms with Gasteiger partial charge < -0.3 is 24.8 Å². The minimum Gasteiger partial charge on any atom is -0.465 e. The smallest absolute Gasteiger partial charge is 0.407 e. The lowest BCUT2D eigenvalue weighted by Gasteiger charge is -2.33. The minimum absolute atomic E-state index is 0.0394. The predicted molar refractivity (Wildman–Crippen MR) is 83.6 cm³/mol. The van der Waals surface area contributed by atoms with E-state index in [4.69, 9.17) is 14.6 Å². The number of ether oxygens (including phenoxy) is 2. The molecule has 0 aromatic heterocycles. The molecular weight excluding hydrogens is 302 g/mol. The van der Waals surface area contributed by atoms with Crippen LogP contribution in [0.5, 0.6) is 0 Å². The van der Waals surface area contributed by atoms with E-state index in [0.29, 0.717) is 19.5 Å². The molecule has 0 radical (unpaired) electrons. The van der Waals surface area contributed by atoms with Gasteiger partial charge in [0.2, 0.25) is 0 Å². The summed E-state index contributed by atoms with van der Waals surface area (Å²) in [6.45, 7) is 5.42. The van der Waals surface area contributed by atoms with Gasteiger partial charge in [0.25, 0.3) is 0 Å². The van der Waals surface area contributed by atoms with Crippen LogP contribution in [0.15, 0.2) is 0 Å². The molecule has 2 amide bonds. The molecule has 0 saturated carbocycles. The lowest BCUT2D eigenvalue weighted by atomic mass is 10.0. The van der Waals surface area contributed by atoms with Gasteiger partial charge in [-0.3, -0.25) is 4.90 Å². The molecule has 2 rings (SSSR count). The van der Waals surface area contributed by atoms with Crippen molar-refractivity contribution in [2.24, 2.45) is 0 Å². The van der Waals surface area contributed by atoms with E-state index in [9.17, 15) is 9.59 Å². The van der Waals surface area contributed by atoms with Crippen molar-refractivity contribution in [1.29, 1.82) is 0 Å². The highest BCUT2D eigenvalue weighted by atomic mass is 16.5. The fourth-order valence-electron chi connectivity index (χ4n) is 3.03. The molecule has 2 N–H and O–H groups in total. The standard InChI is InChI=1S/C15H27N3O5/c19-14(16-5-7-17-8-11-22-12-9-17)23-10-4-13-3-1-2-6-18(13)15(20)21/h13H,1-12H2,(H,16,19)(H,20,21). The van der Waals surface area contributed by atoms with E-state index in [0.717, 1.165) is 52.1 Å². The zero-order valence-electron chi connectivity index (χ0n) is 13.5. The van der Waals surface area contributed by atoms with E-state index in [-0.39, 0.29) is 12.6 Å². The summed E-state index contributed by atoms with van der Waals surface area (Å²) in [6, 6.07) is -0.0394. The van der Waals surface area contributed by atoms with E-state index in [1.807, 2.05) is 0 Å². The van der Waals surface area contributed by atoms with Crippen molar-refractivity contribution in [3.63, 3.8) is 0 Å². The monoisotopic (exact) mass is 329 g/mol. The molecule has 8 nitrogen and oxygen atoms in total. The van der Waals surface area contributed by atoms with Gasteiger partial charge in [0.05, 0.1) is 19.8 Å². The lowest BCUT2D eigenvalue weighted by Crippen LogP contribution is -2.44. The Labute approximate surface area is 136 Å². The van der Waals surface area contributed by atoms with Crippen molar-refractivity contribution in [2.75, 3.05) is 52.5 Å². The van der Waals surface area contributed by atoms with Crippen LogP contribution >= 0.6 is 0 Å². The van der Waals surface area contributed by atoms with Crippen LogP contribution in [0.2, 0.25) is 0 Å². The summed E-state index contributed by atoms with van der Waals surface area (Å²) in [5, 5.41) is 11.9. The van der Waals surface area contributed by atoms with Crippen molar-refractivity contribution in [3.05, 3.63) is 0 Å². The first-order valence-corrected chi connectivity index (χ1v) is 8.37. The van der Waals surface area contributed by atoms with E-state index in [1.165, 1.54) is 4.90 Å². The number of nitrogens with zero attached hydrogens (tertiary/aromatic N) is 2. The molecule has 2 saturated heterocycles. The van der Waals surface area contributed by atoms with Crippen LogP contribution in [0, 0.1) is 0 Å². The lowest BCUT2D eigenvalue weighted by molar-refractivity contribution is 0.0382. The molecule has 2 heterocycles. The number of morpholine rings is 1. The van der Waals surface area contributed by atoms with Crippen LogP contribution in [-0.4, -0.2) is 85.7 Å². The minimum atomic E-state index is -0.885. The van der Waals surface area contributed by atoms with Crippen LogP contribution in [-0.2, 0) is 9.47 Å². The van der Waals surface area contributed by atoms with Gasteiger partial charge in [0.15, 0.2) is 0 Å². The molecule has 1 atom stereocenters. The SMILES string of the molecule is O=C(NCCN1CCOCC1)OCCC1CCCCN1C(=O)O. The Morgan fingerprint density at radius 2 is 2.00 bits per heavy atom. The van der Waals surface area contributed by atoms with Gasteiger partial charge in [0, 0.05) is 45.2 Å². The molecule has 2 aliphatic rings. The van der Waals surface area contributed by atoms with Crippen molar-refractivity contribution < 1.29 is 24.2 Å². The van der Waals surface area contributed by atoms with Gasteiger partial charge in [-0.15, -0.1) is 0 Å². The Morgan fingerprint density at radius 3 is 2.74 bits per heavy atom. The third kappa shape index (κ3) is 6.23. The number of hydrogen-bond donors (Lipinski definition) is 2. The fourth-order valence-corrected chi connectivity index (χ4v) is 3.03. The maximum absolute atomic E-state index is 11.6. The van der Waals surface area contributed by atoms with Crippen LogP contribution in [0.3, 0.4) is 0 Å². The summed E-state index contributed by atoms with van der Waals surface area (Å²) in [5.74, 6) is 0. The van der Waals surface area contributed by atoms with E-state index in [1.54, 1.807) is 0 Å². The largest absolute Gasteiger partial charge is 0.465 e. The highest BCUT2D eigenvalue weighted by Gasteiger charge is 2.26. The first kappa shape index (κ1) is 17.8. The number of nitrogens with one attached hydrogen (secondary N) is 1. The molecule has 132 valence electrons. The quantitative estimate of drug-likeness (QED) is 0.754. The molecule has 0 spiro atoms. The maximum Gasteiger partial charge on any atom is 0.407 e.